The zero-order chi connectivity index (χ0) is 10.9. The fourth-order valence-electron chi connectivity index (χ4n) is 1.01. The van der Waals surface area contributed by atoms with E-state index in [0.717, 1.165) is 6.07 Å². The van der Waals surface area contributed by atoms with Crippen molar-refractivity contribution in [1.82, 2.24) is 0 Å². The lowest BCUT2D eigenvalue weighted by molar-refractivity contribution is -0.138. The lowest BCUT2D eigenvalue weighted by atomic mass is 10.1. The van der Waals surface area contributed by atoms with E-state index in [1.54, 1.807) is 0 Å². The zero-order valence-corrected chi connectivity index (χ0v) is 8.63. The molecule has 0 aromatic heterocycles. The molecule has 0 heterocycles. The van der Waals surface area contributed by atoms with Gasteiger partial charge in [-0.3, -0.25) is 0 Å². The maximum atomic E-state index is 12.4. The van der Waals surface area contributed by atoms with Crippen molar-refractivity contribution >= 4 is 21.1 Å². The molecule has 1 aromatic carbocycles. The van der Waals surface area contributed by atoms with Gasteiger partial charge in [-0.05, 0) is 18.6 Å². The van der Waals surface area contributed by atoms with Gasteiger partial charge in [-0.1, -0.05) is 6.07 Å². The summed E-state index contributed by atoms with van der Waals surface area (Å²) in [4.78, 5) is -0.0374. The summed E-state index contributed by atoms with van der Waals surface area (Å²) in [5.41, 5.74) is -0.715. The molecule has 1 unspecified atom stereocenters. The van der Waals surface area contributed by atoms with Crippen LogP contribution in [0.5, 0.6) is 0 Å². The molecule has 0 aliphatic heterocycles. The van der Waals surface area contributed by atoms with Gasteiger partial charge in [-0.25, -0.2) is 0 Å². The highest BCUT2D eigenvalue weighted by atomic mass is 35.7. The van der Waals surface area contributed by atoms with E-state index in [4.69, 9.17) is 10.7 Å². The predicted octanol–water partition coefficient (Wildman–Crippen LogP) is 3.28. The molecule has 1 rings (SSSR count). The minimum atomic E-state index is -4.43. The molecule has 0 amide bonds. The predicted molar refractivity (Wildman–Crippen MR) is 48.4 cm³/mol. The summed E-state index contributed by atoms with van der Waals surface area (Å²) >= 11 is 0. The Morgan fingerprint density at radius 1 is 1.36 bits per heavy atom. The van der Waals surface area contributed by atoms with Crippen LogP contribution in [0.2, 0.25) is 0 Å². The van der Waals surface area contributed by atoms with Crippen molar-refractivity contribution in [3.63, 3.8) is 0 Å². The maximum Gasteiger partial charge on any atom is 0.416 e. The second-order valence-electron chi connectivity index (χ2n) is 2.70. The zero-order valence-electron chi connectivity index (χ0n) is 7.06. The molecule has 0 fully saturated rings. The third-order valence-electron chi connectivity index (χ3n) is 1.70. The Bertz CT molecular complexity index is 338. The summed E-state index contributed by atoms with van der Waals surface area (Å²) in [5, 5.41) is 0. The van der Waals surface area contributed by atoms with Crippen LogP contribution < -0.4 is 0 Å². The summed E-state index contributed by atoms with van der Waals surface area (Å²) in [6, 6.07) is 3.37. The number of benzene rings is 1. The number of hydrogen-bond acceptors (Lipinski definition) is 1. The van der Waals surface area contributed by atoms with Gasteiger partial charge < -0.3 is 4.55 Å². The Kier molecular flexibility index (Phi) is 3.34. The first-order valence-electron chi connectivity index (χ1n) is 3.58. The number of rotatable bonds is 1. The lowest BCUT2D eigenvalue weighted by Gasteiger charge is -2.10. The van der Waals surface area contributed by atoms with E-state index in [9.17, 15) is 17.7 Å². The Balaban J connectivity index is 3.22. The third-order valence-corrected chi connectivity index (χ3v) is 2.86. The van der Waals surface area contributed by atoms with Gasteiger partial charge in [0.05, 0.1) is 5.56 Å². The third kappa shape index (κ3) is 2.56. The average molecular weight is 243 g/mol. The van der Waals surface area contributed by atoms with Gasteiger partial charge in [-0.2, -0.15) is 13.2 Å². The molecule has 0 aliphatic rings. The molecule has 6 heteroatoms. The quantitative estimate of drug-likeness (QED) is 0.693. The van der Waals surface area contributed by atoms with Gasteiger partial charge in [0.2, 0.25) is 0 Å². The molecule has 0 saturated heterocycles. The van der Waals surface area contributed by atoms with Gasteiger partial charge in [0.1, 0.15) is 10.4 Å². The van der Waals surface area contributed by atoms with Gasteiger partial charge in [-0.15, -0.1) is 0 Å². The first-order valence-corrected chi connectivity index (χ1v) is 5.56. The highest BCUT2D eigenvalue weighted by molar-refractivity contribution is 8.13. The van der Waals surface area contributed by atoms with Crippen LogP contribution in [0.25, 0.3) is 0 Å². The molecule has 0 spiro atoms. The minimum absolute atomic E-state index is 0.0374. The first kappa shape index (κ1) is 11.7. The van der Waals surface area contributed by atoms with Crippen LogP contribution in [0, 0.1) is 6.92 Å². The Labute approximate surface area is 86.6 Å². The molecule has 14 heavy (non-hydrogen) atoms. The Hall–Kier alpha value is -0.390. The Morgan fingerprint density at radius 2 is 1.93 bits per heavy atom. The van der Waals surface area contributed by atoms with E-state index in [-0.39, 0.29) is 10.5 Å². The largest absolute Gasteiger partial charge is 0.594 e. The lowest BCUT2D eigenvalue weighted by Crippen LogP contribution is -2.08. The molecule has 1 aromatic rings. The van der Waals surface area contributed by atoms with Crippen LogP contribution in [-0.4, -0.2) is 4.55 Å². The molecule has 0 bridgehead atoms. The van der Waals surface area contributed by atoms with E-state index in [1.807, 2.05) is 0 Å². The molecular formula is C8H6ClF3OS. The first-order chi connectivity index (χ1) is 6.32. The van der Waals surface area contributed by atoms with Crippen molar-refractivity contribution in [1.29, 1.82) is 0 Å². The number of hydrogen-bond donors (Lipinski definition) is 0. The second kappa shape index (κ2) is 4.00. The maximum absolute atomic E-state index is 12.4. The van der Waals surface area contributed by atoms with Crippen molar-refractivity contribution in [2.45, 2.75) is 18.0 Å². The fraction of sp³-hybridized carbons (Fsp3) is 0.250. The van der Waals surface area contributed by atoms with Crippen molar-refractivity contribution in [3.05, 3.63) is 29.3 Å². The van der Waals surface area contributed by atoms with Gasteiger partial charge in [0.15, 0.2) is 15.6 Å². The smallest absolute Gasteiger partial charge is 0.416 e. The minimum Gasteiger partial charge on any atom is -0.594 e. The van der Waals surface area contributed by atoms with Crippen LogP contribution in [0.15, 0.2) is 23.1 Å². The highest BCUT2D eigenvalue weighted by Gasteiger charge is 2.33. The number of halogens is 4. The van der Waals surface area contributed by atoms with Crippen LogP contribution in [0.3, 0.4) is 0 Å². The topological polar surface area (TPSA) is 23.1 Å². The van der Waals surface area contributed by atoms with E-state index in [0.29, 0.717) is 0 Å². The Morgan fingerprint density at radius 3 is 2.36 bits per heavy atom. The normalized spacial score (nSPS) is 14.1. The number of alkyl halides is 3. The summed E-state index contributed by atoms with van der Waals surface area (Å²) in [6.45, 7) is 1.34. The summed E-state index contributed by atoms with van der Waals surface area (Å²) in [5.74, 6) is 0. The molecule has 0 N–H and O–H groups in total. The molecule has 1 nitrogen and oxygen atoms in total. The van der Waals surface area contributed by atoms with Crippen LogP contribution >= 0.6 is 10.7 Å². The monoisotopic (exact) mass is 242 g/mol. The van der Waals surface area contributed by atoms with Crippen molar-refractivity contribution in [3.8, 4) is 0 Å². The van der Waals surface area contributed by atoms with E-state index in [2.05, 4.69) is 0 Å². The fourth-order valence-corrected chi connectivity index (χ4v) is 1.68. The number of aryl methyl sites for hydroxylation is 1. The standard InChI is InChI=1S/C8H6ClF3OS/c1-5-2-3-6(14(9)13)4-7(5)8(10,11)12/h2-4H,1H3. The second-order valence-corrected chi connectivity index (χ2v) is 4.46. The van der Waals surface area contributed by atoms with Crippen LogP contribution in [0.4, 0.5) is 13.2 Å². The van der Waals surface area contributed by atoms with E-state index >= 15 is 0 Å². The molecule has 78 valence electrons. The molecule has 1 atom stereocenters. The molecule has 0 saturated carbocycles. The van der Waals surface area contributed by atoms with E-state index in [1.165, 1.54) is 19.1 Å². The molecular weight excluding hydrogens is 237 g/mol. The molecule has 0 aliphatic carbocycles. The van der Waals surface area contributed by atoms with Crippen LogP contribution in [-0.2, 0) is 16.6 Å². The average Bonchev–Trinajstić information content (AvgIpc) is 2.02. The van der Waals surface area contributed by atoms with Crippen molar-refractivity contribution < 1.29 is 17.7 Å². The van der Waals surface area contributed by atoms with Crippen LogP contribution in [0.1, 0.15) is 11.1 Å². The SMILES string of the molecule is Cc1ccc([S+]([O-])Cl)cc1C(F)(F)F. The highest BCUT2D eigenvalue weighted by Crippen LogP contribution is 2.33. The van der Waals surface area contributed by atoms with Crippen molar-refractivity contribution in [2.24, 2.45) is 0 Å². The van der Waals surface area contributed by atoms with Gasteiger partial charge >= 0.3 is 6.18 Å². The van der Waals surface area contributed by atoms with Crippen molar-refractivity contribution in [2.75, 3.05) is 0 Å². The molecule has 0 radical (unpaired) electrons. The summed E-state index contributed by atoms with van der Waals surface area (Å²) < 4.78 is 47.8. The van der Waals surface area contributed by atoms with E-state index < -0.39 is 22.1 Å². The van der Waals surface area contributed by atoms with Gasteiger partial charge in [0, 0.05) is 6.07 Å². The summed E-state index contributed by atoms with van der Waals surface area (Å²) in [7, 11) is 3.27. The summed E-state index contributed by atoms with van der Waals surface area (Å²) in [6.07, 6.45) is -4.43. The van der Waals surface area contributed by atoms with Gasteiger partial charge in [0.25, 0.3) is 0 Å².